The molecule has 0 saturated carbocycles. The van der Waals surface area contributed by atoms with Crippen LogP contribution in [0.1, 0.15) is 31.2 Å². The van der Waals surface area contributed by atoms with Crippen LogP contribution in [0.15, 0.2) is 30.3 Å². The van der Waals surface area contributed by atoms with Crippen molar-refractivity contribution in [2.24, 2.45) is 0 Å². The first-order chi connectivity index (χ1) is 9.08. The summed E-state index contributed by atoms with van der Waals surface area (Å²) in [5, 5.41) is 6.39. The Balaban J connectivity index is 2.31. The predicted molar refractivity (Wildman–Crippen MR) is 80.1 cm³/mol. The van der Waals surface area contributed by atoms with Gasteiger partial charge in [-0.3, -0.25) is 0 Å². The third kappa shape index (κ3) is 3.44. The van der Waals surface area contributed by atoms with Crippen molar-refractivity contribution in [1.82, 2.24) is 9.97 Å². The van der Waals surface area contributed by atoms with Crippen LogP contribution in [0.25, 0.3) is 0 Å². The summed E-state index contributed by atoms with van der Waals surface area (Å²) < 4.78 is 0. The molecule has 0 unspecified atom stereocenters. The maximum atomic E-state index is 4.54. The lowest BCUT2D eigenvalue weighted by Gasteiger charge is -2.11. The second kappa shape index (κ2) is 5.69. The van der Waals surface area contributed by atoms with Crippen LogP contribution >= 0.6 is 0 Å². The van der Waals surface area contributed by atoms with E-state index in [0.29, 0.717) is 5.92 Å². The van der Waals surface area contributed by atoms with Crippen molar-refractivity contribution < 1.29 is 0 Å². The minimum Gasteiger partial charge on any atom is -0.373 e. The molecule has 0 aliphatic carbocycles. The molecule has 0 aliphatic heterocycles. The van der Waals surface area contributed by atoms with Crippen molar-refractivity contribution in [3.8, 4) is 0 Å². The summed E-state index contributed by atoms with van der Waals surface area (Å²) in [7, 11) is 1.86. The average molecular weight is 256 g/mol. The van der Waals surface area contributed by atoms with E-state index in [1.807, 2.05) is 25.2 Å². The van der Waals surface area contributed by atoms with Crippen molar-refractivity contribution in [2.75, 3.05) is 17.7 Å². The van der Waals surface area contributed by atoms with E-state index in [-0.39, 0.29) is 0 Å². The zero-order chi connectivity index (χ0) is 13.8. The van der Waals surface area contributed by atoms with Gasteiger partial charge in [-0.1, -0.05) is 26.0 Å². The Labute approximate surface area is 114 Å². The summed E-state index contributed by atoms with van der Waals surface area (Å²) in [6, 6.07) is 10.1. The molecule has 19 heavy (non-hydrogen) atoms. The maximum absolute atomic E-state index is 4.54. The van der Waals surface area contributed by atoms with Gasteiger partial charge in [-0.05, 0) is 24.6 Å². The average Bonchev–Trinajstić information content (AvgIpc) is 2.38. The first-order valence-corrected chi connectivity index (χ1v) is 6.49. The molecule has 0 spiro atoms. The molecule has 0 radical (unpaired) electrons. The van der Waals surface area contributed by atoms with Crippen LogP contribution < -0.4 is 10.6 Å². The number of aromatic nitrogens is 2. The number of hydrogen-bond acceptors (Lipinski definition) is 4. The van der Waals surface area contributed by atoms with Gasteiger partial charge in [0.15, 0.2) is 0 Å². The van der Waals surface area contributed by atoms with Crippen LogP contribution in [0.2, 0.25) is 0 Å². The van der Waals surface area contributed by atoms with Crippen molar-refractivity contribution in [3.63, 3.8) is 0 Å². The minimum absolute atomic E-state index is 0.298. The number of hydrogen-bond donors (Lipinski definition) is 2. The van der Waals surface area contributed by atoms with Gasteiger partial charge in [0.1, 0.15) is 17.5 Å². The molecule has 2 N–H and O–H groups in total. The van der Waals surface area contributed by atoms with E-state index in [1.54, 1.807) is 0 Å². The van der Waals surface area contributed by atoms with Crippen molar-refractivity contribution in [3.05, 3.63) is 41.7 Å². The summed E-state index contributed by atoms with van der Waals surface area (Å²) in [4.78, 5) is 8.99. The lowest BCUT2D eigenvalue weighted by molar-refractivity contribution is 0.778. The Morgan fingerprint density at radius 3 is 2.42 bits per heavy atom. The van der Waals surface area contributed by atoms with E-state index >= 15 is 0 Å². The number of anilines is 3. The molecule has 0 saturated heterocycles. The zero-order valence-corrected chi connectivity index (χ0v) is 11.9. The Morgan fingerprint density at radius 2 is 1.79 bits per heavy atom. The van der Waals surface area contributed by atoms with Gasteiger partial charge in [-0.25, -0.2) is 9.97 Å². The second-order valence-corrected chi connectivity index (χ2v) is 4.90. The molecule has 0 aliphatic rings. The lowest BCUT2D eigenvalue weighted by Crippen LogP contribution is -2.05. The molecule has 2 aromatic rings. The van der Waals surface area contributed by atoms with Crippen LogP contribution in [0, 0.1) is 6.92 Å². The molecule has 4 heteroatoms. The second-order valence-electron chi connectivity index (χ2n) is 4.90. The third-order valence-electron chi connectivity index (χ3n) is 2.81. The molecule has 2 rings (SSSR count). The molecule has 1 heterocycles. The normalized spacial score (nSPS) is 10.6. The minimum atomic E-state index is 0.298. The highest BCUT2D eigenvalue weighted by Crippen LogP contribution is 2.20. The van der Waals surface area contributed by atoms with E-state index in [4.69, 9.17) is 0 Å². The molecule has 1 aromatic heterocycles. The number of nitrogens with one attached hydrogen (secondary N) is 2. The first-order valence-electron chi connectivity index (χ1n) is 6.49. The zero-order valence-electron chi connectivity index (χ0n) is 11.9. The number of benzene rings is 1. The van der Waals surface area contributed by atoms with Gasteiger partial charge in [0.2, 0.25) is 0 Å². The fourth-order valence-corrected chi connectivity index (χ4v) is 1.79. The van der Waals surface area contributed by atoms with Crippen LogP contribution in [0.5, 0.6) is 0 Å². The highest BCUT2D eigenvalue weighted by atomic mass is 15.1. The summed E-state index contributed by atoms with van der Waals surface area (Å²) in [5.74, 6) is 2.77. The third-order valence-corrected chi connectivity index (χ3v) is 2.81. The fraction of sp³-hybridized carbons (Fsp3) is 0.333. The number of nitrogens with zero attached hydrogens (tertiary/aromatic N) is 2. The van der Waals surface area contributed by atoms with Crippen LogP contribution in [0.4, 0.5) is 17.3 Å². The highest BCUT2D eigenvalue weighted by molar-refractivity contribution is 5.59. The van der Waals surface area contributed by atoms with Gasteiger partial charge >= 0.3 is 0 Å². The maximum Gasteiger partial charge on any atom is 0.136 e. The summed E-state index contributed by atoms with van der Waals surface area (Å²) >= 11 is 0. The molecule has 1 aromatic carbocycles. The summed E-state index contributed by atoms with van der Waals surface area (Å²) in [6.45, 7) is 6.25. The van der Waals surface area contributed by atoms with Crippen LogP contribution in [0.3, 0.4) is 0 Å². The molecule has 100 valence electrons. The SMILES string of the molecule is CNc1cc(Nc2cccc(C)c2)nc(C(C)C)n1. The van der Waals surface area contributed by atoms with E-state index < -0.39 is 0 Å². The molecule has 4 nitrogen and oxygen atoms in total. The van der Waals surface area contributed by atoms with Gasteiger partial charge in [0.25, 0.3) is 0 Å². The van der Waals surface area contributed by atoms with Gasteiger partial charge < -0.3 is 10.6 Å². The smallest absolute Gasteiger partial charge is 0.136 e. The lowest BCUT2D eigenvalue weighted by atomic mass is 10.2. The Bertz CT molecular complexity index is 564. The van der Waals surface area contributed by atoms with E-state index in [1.165, 1.54) is 5.56 Å². The first kappa shape index (κ1) is 13.3. The van der Waals surface area contributed by atoms with Crippen molar-refractivity contribution in [1.29, 1.82) is 0 Å². The van der Waals surface area contributed by atoms with Crippen LogP contribution in [-0.2, 0) is 0 Å². The van der Waals surface area contributed by atoms with Gasteiger partial charge in [-0.2, -0.15) is 0 Å². The monoisotopic (exact) mass is 256 g/mol. The molecule has 0 amide bonds. The van der Waals surface area contributed by atoms with Gasteiger partial charge in [-0.15, -0.1) is 0 Å². The van der Waals surface area contributed by atoms with Gasteiger partial charge in [0.05, 0.1) is 0 Å². The topological polar surface area (TPSA) is 49.8 Å². The Hall–Kier alpha value is -2.10. The van der Waals surface area contributed by atoms with Crippen LogP contribution in [-0.4, -0.2) is 17.0 Å². The molecular formula is C15H20N4. The van der Waals surface area contributed by atoms with E-state index in [9.17, 15) is 0 Å². The molecule has 0 atom stereocenters. The fourth-order valence-electron chi connectivity index (χ4n) is 1.79. The predicted octanol–water partition coefficient (Wildman–Crippen LogP) is 3.69. The standard InChI is InChI=1S/C15H20N4/c1-10(2)15-18-13(16-4)9-14(19-15)17-12-7-5-6-11(3)8-12/h5-10H,1-4H3,(H2,16,17,18,19). The summed E-state index contributed by atoms with van der Waals surface area (Å²) in [6.07, 6.45) is 0. The van der Waals surface area contributed by atoms with Crippen molar-refractivity contribution >= 4 is 17.3 Å². The number of rotatable bonds is 4. The Morgan fingerprint density at radius 1 is 1.05 bits per heavy atom. The summed E-state index contributed by atoms with van der Waals surface area (Å²) in [5.41, 5.74) is 2.26. The molecule has 0 fully saturated rings. The van der Waals surface area contributed by atoms with E-state index in [2.05, 4.69) is 53.5 Å². The largest absolute Gasteiger partial charge is 0.373 e. The van der Waals surface area contributed by atoms with Gasteiger partial charge in [0, 0.05) is 24.7 Å². The quantitative estimate of drug-likeness (QED) is 0.876. The van der Waals surface area contributed by atoms with Crippen molar-refractivity contribution in [2.45, 2.75) is 26.7 Å². The highest BCUT2D eigenvalue weighted by Gasteiger charge is 2.07. The molecule has 0 bridgehead atoms. The molecular weight excluding hydrogens is 236 g/mol. The number of aryl methyl sites for hydroxylation is 1. The van der Waals surface area contributed by atoms with E-state index in [0.717, 1.165) is 23.1 Å². The Kier molecular flexibility index (Phi) is 4.00.